The molecule has 3 rings (SSSR count). The number of rotatable bonds is 6. The van der Waals surface area contributed by atoms with Crippen molar-refractivity contribution in [3.63, 3.8) is 0 Å². The highest BCUT2D eigenvalue weighted by Gasteiger charge is 2.22. The Bertz CT molecular complexity index is 891. The van der Waals surface area contributed by atoms with Gasteiger partial charge in [-0.1, -0.05) is 29.8 Å². The minimum absolute atomic E-state index is 0.0110. The minimum Gasteiger partial charge on any atom is -0.433 e. The molecule has 0 saturated carbocycles. The number of nitrogens with zero attached hydrogens (tertiary/aromatic N) is 2. The summed E-state index contributed by atoms with van der Waals surface area (Å²) >= 11 is 0. The normalized spacial score (nSPS) is 15.0. The molecule has 30 heavy (non-hydrogen) atoms. The Morgan fingerprint density at radius 2 is 1.87 bits per heavy atom. The van der Waals surface area contributed by atoms with Crippen molar-refractivity contribution in [1.29, 1.82) is 0 Å². The molecule has 0 aromatic heterocycles. The third-order valence-corrected chi connectivity index (χ3v) is 4.89. The molecule has 1 N–H and O–H groups in total. The summed E-state index contributed by atoms with van der Waals surface area (Å²) in [6.45, 7) is 1.45. The van der Waals surface area contributed by atoms with Gasteiger partial charge in [0.15, 0.2) is 0 Å². The van der Waals surface area contributed by atoms with Crippen LogP contribution in [0.3, 0.4) is 0 Å². The van der Waals surface area contributed by atoms with Gasteiger partial charge in [0.05, 0.1) is 12.2 Å². The number of hydrogen-bond acceptors (Lipinski definition) is 4. The van der Waals surface area contributed by atoms with Crippen LogP contribution in [-0.4, -0.2) is 60.9 Å². The summed E-state index contributed by atoms with van der Waals surface area (Å²) in [5.41, 5.74) is 1.90. The zero-order valence-corrected chi connectivity index (χ0v) is 16.8. The molecule has 0 unspecified atom stereocenters. The van der Waals surface area contributed by atoms with Gasteiger partial charge in [-0.05, 0) is 37.6 Å². The second-order valence-electron chi connectivity index (χ2n) is 7.21. The zero-order chi connectivity index (χ0) is 21.5. The predicted molar refractivity (Wildman–Crippen MR) is 110 cm³/mol. The van der Waals surface area contributed by atoms with Gasteiger partial charge in [-0.2, -0.15) is 8.78 Å². The van der Waals surface area contributed by atoms with E-state index in [0.29, 0.717) is 31.7 Å². The molecule has 0 radical (unpaired) electrons. The molecular formula is C22H25F2N3O3. The maximum atomic E-state index is 12.8. The number of nitrogens with one attached hydrogen (secondary N) is 1. The number of ether oxygens (including phenoxy) is 1. The number of aryl methyl sites for hydroxylation is 1. The highest BCUT2D eigenvalue weighted by atomic mass is 19.3. The molecule has 8 heteroatoms. The molecule has 1 fully saturated rings. The van der Waals surface area contributed by atoms with E-state index in [9.17, 15) is 18.4 Å². The van der Waals surface area contributed by atoms with Gasteiger partial charge in [-0.3, -0.25) is 14.5 Å². The van der Waals surface area contributed by atoms with Crippen LogP contribution in [0.15, 0.2) is 48.5 Å². The summed E-state index contributed by atoms with van der Waals surface area (Å²) in [4.78, 5) is 28.9. The zero-order valence-electron chi connectivity index (χ0n) is 16.8. The Kier molecular flexibility index (Phi) is 7.35. The van der Waals surface area contributed by atoms with E-state index in [2.05, 4.69) is 10.1 Å². The number of carbonyl (C=O) groups excluding carboxylic acids is 2. The lowest BCUT2D eigenvalue weighted by Crippen LogP contribution is -2.38. The highest BCUT2D eigenvalue weighted by molar-refractivity contribution is 5.95. The van der Waals surface area contributed by atoms with Crippen LogP contribution in [0.2, 0.25) is 0 Å². The maximum absolute atomic E-state index is 12.8. The number of para-hydroxylation sites is 2. The molecule has 0 aliphatic carbocycles. The maximum Gasteiger partial charge on any atom is 0.387 e. The smallest absolute Gasteiger partial charge is 0.387 e. The number of benzene rings is 2. The lowest BCUT2D eigenvalue weighted by atomic mass is 10.1. The van der Waals surface area contributed by atoms with E-state index in [4.69, 9.17) is 0 Å². The quantitative estimate of drug-likeness (QED) is 0.783. The van der Waals surface area contributed by atoms with E-state index in [1.54, 1.807) is 17.0 Å². The molecule has 2 aromatic rings. The lowest BCUT2D eigenvalue weighted by Gasteiger charge is -2.22. The molecule has 2 aromatic carbocycles. The second-order valence-corrected chi connectivity index (χ2v) is 7.21. The number of amides is 2. The van der Waals surface area contributed by atoms with E-state index >= 15 is 0 Å². The predicted octanol–water partition coefficient (Wildman–Crippen LogP) is 3.38. The van der Waals surface area contributed by atoms with Crippen LogP contribution in [0.5, 0.6) is 5.75 Å². The van der Waals surface area contributed by atoms with Crippen molar-refractivity contribution in [1.82, 2.24) is 9.80 Å². The second kappa shape index (κ2) is 10.2. The number of alkyl halides is 2. The molecule has 1 saturated heterocycles. The van der Waals surface area contributed by atoms with Crippen molar-refractivity contribution in [2.45, 2.75) is 20.0 Å². The first kappa shape index (κ1) is 21.7. The molecule has 0 bridgehead atoms. The van der Waals surface area contributed by atoms with Crippen LogP contribution in [0, 0.1) is 6.92 Å². The third kappa shape index (κ3) is 6.00. The van der Waals surface area contributed by atoms with Gasteiger partial charge >= 0.3 is 6.61 Å². The molecule has 0 atom stereocenters. The first-order valence-electron chi connectivity index (χ1n) is 9.84. The van der Waals surface area contributed by atoms with E-state index < -0.39 is 6.61 Å². The van der Waals surface area contributed by atoms with Gasteiger partial charge in [0.1, 0.15) is 5.75 Å². The van der Waals surface area contributed by atoms with Crippen LogP contribution < -0.4 is 10.1 Å². The van der Waals surface area contributed by atoms with Crippen molar-refractivity contribution in [3.8, 4) is 5.75 Å². The molecular weight excluding hydrogens is 392 g/mol. The highest BCUT2D eigenvalue weighted by Crippen LogP contribution is 2.25. The van der Waals surface area contributed by atoms with Crippen LogP contribution in [0.1, 0.15) is 22.3 Å². The van der Waals surface area contributed by atoms with Crippen LogP contribution in [-0.2, 0) is 4.79 Å². The lowest BCUT2D eigenvalue weighted by molar-refractivity contribution is -0.117. The number of halogens is 2. The first-order chi connectivity index (χ1) is 14.4. The van der Waals surface area contributed by atoms with Gasteiger partial charge < -0.3 is 15.0 Å². The Labute approximate surface area is 174 Å². The summed E-state index contributed by atoms with van der Waals surface area (Å²) in [5.74, 6) is -0.409. The molecule has 1 aliphatic rings. The molecule has 160 valence electrons. The number of anilines is 1. The van der Waals surface area contributed by atoms with Gasteiger partial charge in [0, 0.05) is 31.7 Å². The van der Waals surface area contributed by atoms with Gasteiger partial charge in [0.25, 0.3) is 5.91 Å². The van der Waals surface area contributed by atoms with E-state index in [-0.39, 0.29) is 29.8 Å². The fraction of sp³-hybridized carbons (Fsp3) is 0.364. The van der Waals surface area contributed by atoms with Crippen LogP contribution >= 0.6 is 0 Å². The molecule has 2 amide bonds. The number of carbonyl (C=O) groups is 2. The van der Waals surface area contributed by atoms with Crippen molar-refractivity contribution < 1.29 is 23.1 Å². The Morgan fingerprint density at radius 1 is 1.07 bits per heavy atom. The summed E-state index contributed by atoms with van der Waals surface area (Å²) in [6.07, 6.45) is 0.746. The SMILES string of the molecule is Cc1cccc(C(=O)N2CCCN(CC(=O)Nc3ccccc3OC(F)F)CC2)c1. The van der Waals surface area contributed by atoms with Gasteiger partial charge in [-0.25, -0.2) is 0 Å². The molecule has 6 nitrogen and oxygen atoms in total. The van der Waals surface area contributed by atoms with Crippen molar-refractivity contribution in [3.05, 3.63) is 59.7 Å². The van der Waals surface area contributed by atoms with Crippen molar-refractivity contribution in [2.75, 3.05) is 38.0 Å². The topological polar surface area (TPSA) is 61.9 Å². The minimum atomic E-state index is -2.97. The van der Waals surface area contributed by atoms with Crippen LogP contribution in [0.4, 0.5) is 14.5 Å². The largest absolute Gasteiger partial charge is 0.433 e. The Balaban J connectivity index is 1.55. The van der Waals surface area contributed by atoms with E-state index in [0.717, 1.165) is 12.0 Å². The average molecular weight is 417 g/mol. The fourth-order valence-electron chi connectivity index (χ4n) is 3.45. The van der Waals surface area contributed by atoms with E-state index in [1.165, 1.54) is 12.1 Å². The Morgan fingerprint density at radius 3 is 2.63 bits per heavy atom. The molecule has 1 aliphatic heterocycles. The Hall–Kier alpha value is -3.00. The fourth-order valence-corrected chi connectivity index (χ4v) is 3.45. The monoisotopic (exact) mass is 417 g/mol. The first-order valence-corrected chi connectivity index (χ1v) is 9.84. The van der Waals surface area contributed by atoms with E-state index in [1.807, 2.05) is 36.1 Å². The van der Waals surface area contributed by atoms with Crippen molar-refractivity contribution in [2.24, 2.45) is 0 Å². The average Bonchev–Trinajstić information content (AvgIpc) is 2.94. The number of hydrogen-bond donors (Lipinski definition) is 1. The molecule has 0 spiro atoms. The summed E-state index contributed by atoms with van der Waals surface area (Å²) in [5, 5.41) is 2.63. The van der Waals surface area contributed by atoms with Gasteiger partial charge in [0.2, 0.25) is 5.91 Å². The summed E-state index contributed by atoms with van der Waals surface area (Å²) in [6, 6.07) is 13.6. The van der Waals surface area contributed by atoms with Crippen molar-refractivity contribution >= 4 is 17.5 Å². The van der Waals surface area contributed by atoms with Crippen LogP contribution in [0.25, 0.3) is 0 Å². The van der Waals surface area contributed by atoms with Gasteiger partial charge in [-0.15, -0.1) is 0 Å². The summed E-state index contributed by atoms with van der Waals surface area (Å²) < 4.78 is 29.5. The standard InChI is InChI=1S/C22H25F2N3O3/c1-16-6-4-7-17(14-16)21(29)27-11-5-10-26(12-13-27)15-20(28)25-18-8-2-3-9-19(18)30-22(23)24/h2-4,6-9,14,22H,5,10-13,15H2,1H3,(H,25,28). The molecule has 1 heterocycles. The third-order valence-electron chi connectivity index (χ3n) is 4.89. The summed E-state index contributed by atoms with van der Waals surface area (Å²) in [7, 11) is 0.